The molecule has 0 saturated carbocycles. The fourth-order valence-corrected chi connectivity index (χ4v) is 3.08. The van der Waals surface area contributed by atoms with Crippen LogP contribution in [0.5, 0.6) is 0 Å². The van der Waals surface area contributed by atoms with E-state index in [-0.39, 0.29) is 30.1 Å². The van der Waals surface area contributed by atoms with Gasteiger partial charge in [0.05, 0.1) is 19.3 Å². The Morgan fingerprint density at radius 1 is 1.27 bits per heavy atom. The number of ether oxygens (including phenoxy) is 1. The fraction of sp³-hybridized carbons (Fsp3) is 0.650. The molecule has 0 aliphatic carbocycles. The van der Waals surface area contributed by atoms with Crippen LogP contribution in [0.3, 0.4) is 0 Å². The van der Waals surface area contributed by atoms with Gasteiger partial charge in [0.1, 0.15) is 0 Å². The van der Waals surface area contributed by atoms with Gasteiger partial charge in [-0.05, 0) is 24.8 Å². The summed E-state index contributed by atoms with van der Waals surface area (Å²) in [6.45, 7) is 13.0. The molecule has 1 atom stereocenters. The number of benzene rings is 1. The number of hydrogen-bond donors (Lipinski definition) is 2. The average molecular weight is 474 g/mol. The molecule has 148 valence electrons. The largest absolute Gasteiger partial charge is 0.374 e. The molecule has 0 aromatic heterocycles. The Morgan fingerprint density at radius 3 is 2.73 bits per heavy atom. The zero-order valence-corrected chi connectivity index (χ0v) is 18.7. The lowest BCUT2D eigenvalue weighted by molar-refractivity contribution is -0.0261. The molecule has 0 spiro atoms. The van der Waals surface area contributed by atoms with E-state index in [1.807, 2.05) is 0 Å². The maximum atomic E-state index is 5.89. The third kappa shape index (κ3) is 9.19. The zero-order chi connectivity index (χ0) is 17.9. The number of morpholine rings is 1. The van der Waals surface area contributed by atoms with E-state index >= 15 is 0 Å². The second kappa shape index (κ2) is 13.3. The molecule has 5 nitrogen and oxygen atoms in total. The lowest BCUT2D eigenvalue weighted by Crippen LogP contribution is -2.46. The second-order valence-corrected chi connectivity index (χ2v) is 7.03. The lowest BCUT2D eigenvalue weighted by atomic mass is 10.1. The predicted octanol–water partition coefficient (Wildman–Crippen LogP) is 2.76. The summed E-state index contributed by atoms with van der Waals surface area (Å²) in [6, 6.07) is 10.5. The summed E-state index contributed by atoms with van der Waals surface area (Å²) in [6.07, 6.45) is 1.19. The molecule has 6 heteroatoms. The molecule has 26 heavy (non-hydrogen) atoms. The molecule has 1 aromatic rings. The summed E-state index contributed by atoms with van der Waals surface area (Å²) < 4.78 is 5.89. The molecule has 1 aromatic carbocycles. The molecule has 1 saturated heterocycles. The fourth-order valence-electron chi connectivity index (χ4n) is 3.08. The van der Waals surface area contributed by atoms with E-state index in [0.717, 1.165) is 51.7 Å². The predicted molar refractivity (Wildman–Crippen MR) is 121 cm³/mol. The van der Waals surface area contributed by atoms with Crippen molar-refractivity contribution in [3.8, 4) is 0 Å². The van der Waals surface area contributed by atoms with Crippen LogP contribution in [0.2, 0.25) is 0 Å². The summed E-state index contributed by atoms with van der Waals surface area (Å²) in [4.78, 5) is 7.21. The maximum absolute atomic E-state index is 5.89. The normalized spacial score (nSPS) is 18.5. The van der Waals surface area contributed by atoms with Crippen LogP contribution in [0.1, 0.15) is 26.3 Å². The van der Waals surface area contributed by atoms with Crippen molar-refractivity contribution in [2.24, 2.45) is 10.9 Å². The first-order valence-corrected chi connectivity index (χ1v) is 9.57. The zero-order valence-electron chi connectivity index (χ0n) is 16.4. The van der Waals surface area contributed by atoms with E-state index in [1.165, 1.54) is 5.56 Å². The number of rotatable bonds is 8. The van der Waals surface area contributed by atoms with Crippen molar-refractivity contribution in [2.75, 3.05) is 45.9 Å². The Hall–Kier alpha value is -0.860. The van der Waals surface area contributed by atoms with Gasteiger partial charge in [0.15, 0.2) is 5.96 Å². The van der Waals surface area contributed by atoms with Crippen LogP contribution < -0.4 is 10.6 Å². The van der Waals surface area contributed by atoms with Crippen LogP contribution in [0.4, 0.5) is 0 Å². The molecule has 1 aliphatic heterocycles. The van der Waals surface area contributed by atoms with E-state index in [1.54, 1.807) is 0 Å². The highest BCUT2D eigenvalue weighted by atomic mass is 127. The highest BCUT2D eigenvalue weighted by molar-refractivity contribution is 14.0. The number of nitrogens with zero attached hydrogens (tertiary/aromatic N) is 2. The molecule has 1 unspecified atom stereocenters. The quantitative estimate of drug-likeness (QED) is 0.346. The summed E-state index contributed by atoms with van der Waals surface area (Å²) in [5.74, 6) is 1.57. The molecule has 1 fully saturated rings. The molecule has 2 rings (SSSR count). The Balaban J connectivity index is 0.00000338. The Labute approximate surface area is 176 Å². The highest BCUT2D eigenvalue weighted by Gasteiger charge is 2.20. The van der Waals surface area contributed by atoms with Gasteiger partial charge in [-0.3, -0.25) is 9.89 Å². The molecule has 0 amide bonds. The molecular formula is C20H35IN4O. The van der Waals surface area contributed by atoms with Gasteiger partial charge in [0, 0.05) is 32.7 Å². The van der Waals surface area contributed by atoms with E-state index in [0.29, 0.717) is 12.5 Å². The van der Waals surface area contributed by atoms with Gasteiger partial charge in [-0.1, -0.05) is 44.2 Å². The first kappa shape index (κ1) is 23.2. The van der Waals surface area contributed by atoms with Gasteiger partial charge >= 0.3 is 0 Å². The number of nitrogens with one attached hydrogen (secondary N) is 2. The van der Waals surface area contributed by atoms with Gasteiger partial charge in [0.25, 0.3) is 0 Å². The Morgan fingerprint density at radius 2 is 2.04 bits per heavy atom. The van der Waals surface area contributed by atoms with Gasteiger partial charge in [-0.2, -0.15) is 0 Å². The molecule has 0 radical (unpaired) electrons. The van der Waals surface area contributed by atoms with Crippen molar-refractivity contribution in [3.05, 3.63) is 35.9 Å². The van der Waals surface area contributed by atoms with Crippen molar-refractivity contribution >= 4 is 29.9 Å². The number of halogens is 1. The number of hydrogen-bond acceptors (Lipinski definition) is 3. The van der Waals surface area contributed by atoms with Crippen LogP contribution in [-0.4, -0.2) is 62.8 Å². The van der Waals surface area contributed by atoms with Gasteiger partial charge < -0.3 is 15.4 Å². The molecule has 0 bridgehead atoms. The topological polar surface area (TPSA) is 48.9 Å². The smallest absolute Gasteiger partial charge is 0.191 e. The number of aliphatic imine (C=N–C) groups is 1. The molecule has 1 heterocycles. The van der Waals surface area contributed by atoms with Crippen LogP contribution in [-0.2, 0) is 11.2 Å². The standard InChI is InChI=1S/C20H34N4O.HI/c1-4-21-20(22-11-10-18-8-6-5-7-9-18)23-14-19-16-24(12-13-25-19)15-17(2)3;/h5-9,17,19H,4,10-16H2,1-3H3,(H2,21,22,23);1H. The monoisotopic (exact) mass is 474 g/mol. The van der Waals surface area contributed by atoms with Crippen LogP contribution >= 0.6 is 24.0 Å². The summed E-state index contributed by atoms with van der Waals surface area (Å²) in [5.41, 5.74) is 1.34. The second-order valence-electron chi connectivity index (χ2n) is 7.03. The first-order valence-electron chi connectivity index (χ1n) is 9.57. The summed E-state index contributed by atoms with van der Waals surface area (Å²) >= 11 is 0. The average Bonchev–Trinajstić information content (AvgIpc) is 2.60. The minimum atomic E-state index is 0. The van der Waals surface area contributed by atoms with Crippen molar-refractivity contribution < 1.29 is 4.74 Å². The minimum absolute atomic E-state index is 0. The highest BCUT2D eigenvalue weighted by Crippen LogP contribution is 2.08. The van der Waals surface area contributed by atoms with Crippen LogP contribution in [0.25, 0.3) is 0 Å². The van der Waals surface area contributed by atoms with Crippen molar-refractivity contribution in [1.29, 1.82) is 0 Å². The van der Waals surface area contributed by atoms with Gasteiger partial charge in [-0.15, -0.1) is 24.0 Å². The Bertz CT molecular complexity index is 510. The van der Waals surface area contributed by atoms with E-state index in [9.17, 15) is 0 Å². The van der Waals surface area contributed by atoms with Crippen molar-refractivity contribution in [1.82, 2.24) is 15.5 Å². The Kier molecular flexibility index (Phi) is 11.9. The first-order chi connectivity index (χ1) is 12.2. The summed E-state index contributed by atoms with van der Waals surface area (Å²) in [7, 11) is 0. The third-order valence-electron chi connectivity index (χ3n) is 4.19. The third-order valence-corrected chi connectivity index (χ3v) is 4.19. The van der Waals surface area contributed by atoms with Crippen LogP contribution in [0.15, 0.2) is 35.3 Å². The molecular weight excluding hydrogens is 439 g/mol. The van der Waals surface area contributed by atoms with E-state index in [2.05, 4.69) is 66.6 Å². The van der Waals surface area contributed by atoms with Gasteiger partial charge in [0.2, 0.25) is 0 Å². The SMILES string of the molecule is CCNC(=NCC1CN(CC(C)C)CCO1)NCCc1ccccc1.I. The lowest BCUT2D eigenvalue weighted by Gasteiger charge is -2.33. The molecule has 2 N–H and O–H groups in total. The van der Waals surface area contributed by atoms with Crippen molar-refractivity contribution in [2.45, 2.75) is 33.3 Å². The van der Waals surface area contributed by atoms with E-state index in [4.69, 9.17) is 9.73 Å². The van der Waals surface area contributed by atoms with Crippen LogP contribution in [0, 0.1) is 5.92 Å². The summed E-state index contributed by atoms with van der Waals surface area (Å²) in [5, 5.41) is 6.74. The maximum Gasteiger partial charge on any atom is 0.191 e. The van der Waals surface area contributed by atoms with Gasteiger partial charge in [-0.25, -0.2) is 0 Å². The van der Waals surface area contributed by atoms with E-state index < -0.39 is 0 Å². The minimum Gasteiger partial charge on any atom is -0.374 e. The molecule has 1 aliphatic rings. The number of guanidine groups is 1. The van der Waals surface area contributed by atoms with Crippen molar-refractivity contribution in [3.63, 3.8) is 0 Å².